The van der Waals surface area contributed by atoms with Crippen molar-refractivity contribution in [3.05, 3.63) is 35.4 Å². The highest BCUT2D eigenvalue weighted by Crippen LogP contribution is 2.12. The SMILES string of the molecule is CCc1cccc(/C=N/[S@](=O)C(C)(C)C)c1. The Labute approximate surface area is 100 Å². The van der Waals surface area contributed by atoms with E-state index in [4.69, 9.17) is 0 Å². The number of benzene rings is 1. The number of rotatable bonds is 3. The minimum Gasteiger partial charge on any atom is -0.234 e. The van der Waals surface area contributed by atoms with Gasteiger partial charge in [-0.15, -0.1) is 0 Å². The van der Waals surface area contributed by atoms with Gasteiger partial charge in [-0.2, -0.15) is 4.40 Å². The Morgan fingerprint density at radius 2 is 2.06 bits per heavy atom. The summed E-state index contributed by atoms with van der Waals surface area (Å²) in [5.41, 5.74) is 2.28. The first-order valence-corrected chi connectivity index (χ1v) is 6.59. The predicted octanol–water partition coefficient (Wildman–Crippen LogP) is 3.13. The van der Waals surface area contributed by atoms with Crippen molar-refractivity contribution in [2.24, 2.45) is 4.40 Å². The van der Waals surface area contributed by atoms with Crippen molar-refractivity contribution in [3.63, 3.8) is 0 Å². The van der Waals surface area contributed by atoms with Crippen LogP contribution in [-0.4, -0.2) is 15.2 Å². The number of hydrogen-bond donors (Lipinski definition) is 0. The molecular weight excluding hydrogens is 218 g/mol. The van der Waals surface area contributed by atoms with Crippen LogP contribution in [0.4, 0.5) is 0 Å². The van der Waals surface area contributed by atoms with Crippen LogP contribution in [-0.2, 0) is 17.4 Å². The lowest BCUT2D eigenvalue weighted by atomic mass is 10.1. The average molecular weight is 237 g/mol. The summed E-state index contributed by atoms with van der Waals surface area (Å²) in [4.78, 5) is 0. The quantitative estimate of drug-likeness (QED) is 0.743. The molecule has 0 fully saturated rings. The molecule has 0 bridgehead atoms. The van der Waals surface area contributed by atoms with Gasteiger partial charge in [0.1, 0.15) is 11.0 Å². The van der Waals surface area contributed by atoms with Crippen LogP contribution in [0.1, 0.15) is 38.8 Å². The molecule has 0 saturated carbocycles. The zero-order valence-electron chi connectivity index (χ0n) is 10.4. The monoisotopic (exact) mass is 237 g/mol. The maximum absolute atomic E-state index is 11.7. The van der Waals surface area contributed by atoms with Crippen LogP contribution < -0.4 is 0 Å². The van der Waals surface area contributed by atoms with Gasteiger partial charge in [-0.05, 0) is 38.3 Å². The third-order valence-electron chi connectivity index (χ3n) is 2.18. The van der Waals surface area contributed by atoms with Gasteiger partial charge < -0.3 is 0 Å². The molecule has 0 spiro atoms. The average Bonchev–Trinajstić information content (AvgIpc) is 2.25. The van der Waals surface area contributed by atoms with Crippen molar-refractivity contribution in [3.8, 4) is 0 Å². The standard InChI is InChI=1S/C13H19NOS/c1-5-11-7-6-8-12(9-11)10-14-16(15)13(2,3)4/h6-10H,5H2,1-4H3/b14-10+/t16-/m1/s1. The Balaban J connectivity index is 2.80. The van der Waals surface area contributed by atoms with Gasteiger partial charge in [-0.1, -0.05) is 31.2 Å². The highest BCUT2D eigenvalue weighted by atomic mass is 32.2. The molecule has 0 aromatic heterocycles. The van der Waals surface area contributed by atoms with E-state index in [2.05, 4.69) is 23.5 Å². The Bertz CT molecular complexity index is 405. The van der Waals surface area contributed by atoms with Crippen molar-refractivity contribution in [2.75, 3.05) is 0 Å². The first kappa shape index (κ1) is 13.1. The van der Waals surface area contributed by atoms with Crippen molar-refractivity contribution in [1.29, 1.82) is 0 Å². The Morgan fingerprint density at radius 1 is 1.38 bits per heavy atom. The van der Waals surface area contributed by atoms with Gasteiger partial charge in [0.25, 0.3) is 0 Å². The molecule has 0 N–H and O–H groups in total. The predicted molar refractivity (Wildman–Crippen MR) is 71.3 cm³/mol. The molecular formula is C13H19NOS. The van der Waals surface area contributed by atoms with Gasteiger partial charge in [-0.3, -0.25) is 0 Å². The minimum atomic E-state index is -1.18. The van der Waals surface area contributed by atoms with Crippen molar-refractivity contribution >= 4 is 17.2 Å². The van der Waals surface area contributed by atoms with E-state index in [1.165, 1.54) is 5.56 Å². The van der Waals surface area contributed by atoms with Crippen LogP contribution >= 0.6 is 0 Å². The number of nitrogens with zero attached hydrogens (tertiary/aromatic N) is 1. The summed E-state index contributed by atoms with van der Waals surface area (Å²) < 4.78 is 15.5. The van der Waals surface area contributed by atoms with Crippen molar-refractivity contribution in [2.45, 2.75) is 38.9 Å². The molecule has 2 nitrogen and oxygen atoms in total. The summed E-state index contributed by atoms with van der Waals surface area (Å²) in [5, 5.41) is 0. The molecule has 0 amide bonds. The second-order valence-electron chi connectivity index (χ2n) is 4.69. The van der Waals surface area contributed by atoms with Gasteiger partial charge in [0.15, 0.2) is 0 Å². The van der Waals surface area contributed by atoms with E-state index in [9.17, 15) is 4.21 Å². The van der Waals surface area contributed by atoms with E-state index in [0.717, 1.165) is 12.0 Å². The van der Waals surface area contributed by atoms with Crippen molar-refractivity contribution in [1.82, 2.24) is 0 Å². The Hall–Kier alpha value is -0.960. The van der Waals surface area contributed by atoms with E-state index in [1.807, 2.05) is 32.9 Å². The van der Waals surface area contributed by atoms with Gasteiger partial charge in [-0.25, -0.2) is 4.21 Å². The lowest BCUT2D eigenvalue weighted by Crippen LogP contribution is -2.19. The molecule has 3 heteroatoms. The summed E-state index contributed by atoms with van der Waals surface area (Å²) in [7, 11) is -1.18. The molecule has 1 aromatic carbocycles. The molecule has 1 atom stereocenters. The van der Waals surface area contributed by atoms with Gasteiger partial charge in [0, 0.05) is 6.21 Å². The fraction of sp³-hybridized carbons (Fsp3) is 0.462. The van der Waals surface area contributed by atoms with Gasteiger partial charge in [0.05, 0.1) is 4.75 Å². The zero-order chi connectivity index (χ0) is 12.2. The first-order chi connectivity index (χ1) is 7.43. The third kappa shape index (κ3) is 3.89. The van der Waals surface area contributed by atoms with E-state index < -0.39 is 11.0 Å². The fourth-order valence-electron chi connectivity index (χ4n) is 1.16. The lowest BCUT2D eigenvalue weighted by molar-refractivity contribution is 0.651. The van der Waals surface area contributed by atoms with E-state index in [0.29, 0.717) is 0 Å². The molecule has 0 aliphatic rings. The molecule has 0 aliphatic heterocycles. The topological polar surface area (TPSA) is 29.4 Å². The van der Waals surface area contributed by atoms with Crippen LogP contribution in [0.5, 0.6) is 0 Å². The fourth-order valence-corrected chi connectivity index (χ4v) is 1.69. The molecule has 1 rings (SSSR count). The van der Waals surface area contributed by atoms with E-state index >= 15 is 0 Å². The second-order valence-corrected chi connectivity index (χ2v) is 6.63. The molecule has 0 heterocycles. The Kier molecular flexibility index (Phi) is 4.42. The molecule has 0 radical (unpaired) electrons. The van der Waals surface area contributed by atoms with Crippen LogP contribution in [0, 0.1) is 0 Å². The zero-order valence-corrected chi connectivity index (χ0v) is 11.2. The maximum Gasteiger partial charge on any atom is 0.144 e. The second kappa shape index (κ2) is 5.39. The smallest absolute Gasteiger partial charge is 0.144 e. The van der Waals surface area contributed by atoms with Gasteiger partial charge >= 0.3 is 0 Å². The molecule has 88 valence electrons. The maximum atomic E-state index is 11.7. The molecule has 0 saturated heterocycles. The normalized spacial score (nSPS) is 14.2. The van der Waals surface area contributed by atoms with Gasteiger partial charge in [0.2, 0.25) is 0 Å². The van der Waals surface area contributed by atoms with Crippen LogP contribution in [0.2, 0.25) is 0 Å². The van der Waals surface area contributed by atoms with E-state index in [1.54, 1.807) is 6.21 Å². The summed E-state index contributed by atoms with van der Waals surface area (Å²) in [5.74, 6) is 0. The molecule has 1 aromatic rings. The largest absolute Gasteiger partial charge is 0.234 e. The van der Waals surface area contributed by atoms with Crippen LogP contribution in [0.25, 0.3) is 0 Å². The summed E-state index contributed by atoms with van der Waals surface area (Å²) in [6.07, 6.45) is 2.70. The summed E-state index contributed by atoms with van der Waals surface area (Å²) in [6.45, 7) is 7.87. The lowest BCUT2D eigenvalue weighted by Gasteiger charge is -2.12. The summed E-state index contributed by atoms with van der Waals surface area (Å²) >= 11 is 0. The highest BCUT2D eigenvalue weighted by Gasteiger charge is 2.17. The number of hydrogen-bond acceptors (Lipinski definition) is 1. The Morgan fingerprint density at radius 3 is 2.62 bits per heavy atom. The molecule has 16 heavy (non-hydrogen) atoms. The van der Waals surface area contributed by atoms with Crippen LogP contribution in [0.3, 0.4) is 0 Å². The van der Waals surface area contributed by atoms with Crippen molar-refractivity contribution < 1.29 is 4.21 Å². The third-order valence-corrected chi connectivity index (χ3v) is 3.53. The van der Waals surface area contributed by atoms with Crippen LogP contribution in [0.15, 0.2) is 28.7 Å². The highest BCUT2D eigenvalue weighted by molar-refractivity contribution is 7.85. The summed E-state index contributed by atoms with van der Waals surface area (Å²) in [6, 6.07) is 8.13. The molecule has 0 aliphatic carbocycles. The first-order valence-electron chi connectivity index (χ1n) is 5.48. The van der Waals surface area contributed by atoms with E-state index in [-0.39, 0.29) is 4.75 Å². The number of aryl methyl sites for hydroxylation is 1. The molecule has 0 unspecified atom stereocenters. The minimum absolute atomic E-state index is 0.293.